The van der Waals surface area contributed by atoms with Crippen LogP contribution in [0.1, 0.15) is 27.7 Å². The molecule has 0 spiro atoms. The van der Waals surface area contributed by atoms with Crippen molar-refractivity contribution in [3.05, 3.63) is 0 Å². The molecule has 5 heteroatoms. The summed E-state index contributed by atoms with van der Waals surface area (Å²) >= 11 is 0. The van der Waals surface area contributed by atoms with E-state index in [1.807, 2.05) is 0 Å². The van der Waals surface area contributed by atoms with Crippen molar-refractivity contribution in [2.24, 2.45) is 5.41 Å². The van der Waals surface area contributed by atoms with E-state index in [0.29, 0.717) is 18.3 Å². The third-order valence-electron chi connectivity index (χ3n) is 3.46. The zero-order chi connectivity index (χ0) is 13.1. The molecule has 1 aliphatic heterocycles. The maximum atomic E-state index is 11.5. The van der Waals surface area contributed by atoms with Crippen molar-refractivity contribution < 1.29 is 8.42 Å². The second-order valence-corrected chi connectivity index (χ2v) is 8.38. The first kappa shape index (κ1) is 14.9. The molecule has 1 heterocycles. The number of hydrogen-bond acceptors (Lipinski definition) is 4. The van der Waals surface area contributed by atoms with Gasteiger partial charge in [-0.15, -0.1) is 0 Å². The van der Waals surface area contributed by atoms with Crippen LogP contribution in [0.3, 0.4) is 0 Å². The largest absolute Gasteiger partial charge is 0.311 e. The number of rotatable bonds is 4. The average molecular weight is 262 g/mol. The van der Waals surface area contributed by atoms with Gasteiger partial charge in [0.1, 0.15) is 0 Å². The van der Waals surface area contributed by atoms with Crippen LogP contribution in [0.5, 0.6) is 0 Å². The van der Waals surface area contributed by atoms with Crippen molar-refractivity contribution in [2.45, 2.75) is 33.7 Å². The Balaban J connectivity index is 2.46. The molecule has 0 saturated carbocycles. The van der Waals surface area contributed by atoms with Crippen LogP contribution in [0.2, 0.25) is 0 Å². The Labute approximate surface area is 106 Å². The maximum absolute atomic E-state index is 11.5. The van der Waals surface area contributed by atoms with Gasteiger partial charge in [0.2, 0.25) is 0 Å². The molecule has 0 amide bonds. The average Bonchev–Trinajstić information content (AvgIpc) is 2.26. The first-order valence-corrected chi connectivity index (χ1v) is 8.23. The highest BCUT2D eigenvalue weighted by Gasteiger charge is 2.29. The molecule has 4 nitrogen and oxygen atoms in total. The number of sulfone groups is 1. The van der Waals surface area contributed by atoms with E-state index in [-0.39, 0.29) is 11.2 Å². The van der Waals surface area contributed by atoms with Gasteiger partial charge in [0.05, 0.1) is 5.75 Å². The standard InChI is InChI=1S/C12H26N2O2S/c1-5-17(15,16)9-8-14-7-6-13-11(10-14)12(2,3)4/h11,13H,5-10H2,1-4H3. The van der Waals surface area contributed by atoms with Crippen LogP contribution in [0.4, 0.5) is 0 Å². The Morgan fingerprint density at radius 3 is 2.53 bits per heavy atom. The minimum atomic E-state index is -2.83. The summed E-state index contributed by atoms with van der Waals surface area (Å²) in [5, 5.41) is 3.51. The molecule has 1 aliphatic rings. The molecule has 1 saturated heterocycles. The predicted molar refractivity (Wildman–Crippen MR) is 72.0 cm³/mol. The lowest BCUT2D eigenvalue weighted by Gasteiger charge is -2.40. The lowest BCUT2D eigenvalue weighted by molar-refractivity contribution is 0.140. The van der Waals surface area contributed by atoms with E-state index in [1.54, 1.807) is 6.92 Å². The Morgan fingerprint density at radius 1 is 1.35 bits per heavy atom. The zero-order valence-electron chi connectivity index (χ0n) is 11.5. The normalized spacial score (nSPS) is 23.9. The van der Waals surface area contributed by atoms with E-state index >= 15 is 0 Å². The molecular weight excluding hydrogens is 236 g/mol. The fraction of sp³-hybridized carbons (Fsp3) is 1.00. The smallest absolute Gasteiger partial charge is 0.151 e. The highest BCUT2D eigenvalue weighted by molar-refractivity contribution is 7.91. The van der Waals surface area contributed by atoms with E-state index in [9.17, 15) is 8.42 Å². The predicted octanol–water partition coefficient (Wildman–Crippen LogP) is 0.741. The third-order valence-corrected chi connectivity index (χ3v) is 5.15. The van der Waals surface area contributed by atoms with Crippen LogP contribution in [0, 0.1) is 5.41 Å². The Bertz CT molecular complexity index is 333. The summed E-state index contributed by atoms with van der Waals surface area (Å²) in [4.78, 5) is 2.26. The van der Waals surface area contributed by atoms with Crippen molar-refractivity contribution in [1.29, 1.82) is 0 Å². The lowest BCUT2D eigenvalue weighted by atomic mass is 9.85. The van der Waals surface area contributed by atoms with E-state index in [2.05, 4.69) is 31.0 Å². The molecule has 17 heavy (non-hydrogen) atoms. The number of nitrogens with zero attached hydrogens (tertiary/aromatic N) is 1. The minimum Gasteiger partial charge on any atom is -0.311 e. The minimum absolute atomic E-state index is 0.225. The molecule has 0 aliphatic carbocycles. The molecule has 1 atom stereocenters. The second-order valence-electron chi connectivity index (χ2n) is 5.91. The number of nitrogens with one attached hydrogen (secondary N) is 1. The summed E-state index contributed by atoms with van der Waals surface area (Å²) in [5.74, 6) is 0.544. The fourth-order valence-corrected chi connectivity index (χ4v) is 2.83. The number of hydrogen-bond donors (Lipinski definition) is 1. The first-order chi connectivity index (χ1) is 7.74. The summed E-state index contributed by atoms with van der Waals surface area (Å²) < 4.78 is 23.0. The summed E-state index contributed by atoms with van der Waals surface area (Å²) in [6.07, 6.45) is 0. The van der Waals surface area contributed by atoms with Crippen molar-refractivity contribution in [1.82, 2.24) is 10.2 Å². The maximum Gasteiger partial charge on any atom is 0.151 e. The van der Waals surface area contributed by atoms with Gasteiger partial charge in [-0.25, -0.2) is 8.42 Å². The van der Waals surface area contributed by atoms with Gasteiger partial charge in [0.25, 0.3) is 0 Å². The highest BCUT2D eigenvalue weighted by Crippen LogP contribution is 2.21. The van der Waals surface area contributed by atoms with E-state index in [4.69, 9.17) is 0 Å². The number of piperazine rings is 1. The molecule has 1 fully saturated rings. The Kier molecular flexibility index (Phi) is 4.98. The fourth-order valence-electron chi connectivity index (χ4n) is 2.01. The quantitative estimate of drug-likeness (QED) is 0.812. The summed E-state index contributed by atoms with van der Waals surface area (Å²) in [5.41, 5.74) is 0.225. The van der Waals surface area contributed by atoms with Crippen LogP contribution >= 0.6 is 0 Å². The first-order valence-electron chi connectivity index (χ1n) is 6.41. The molecule has 1 N–H and O–H groups in total. The van der Waals surface area contributed by atoms with Gasteiger partial charge in [-0.1, -0.05) is 27.7 Å². The van der Waals surface area contributed by atoms with Gasteiger partial charge in [-0.05, 0) is 5.41 Å². The van der Waals surface area contributed by atoms with Gasteiger partial charge < -0.3 is 5.32 Å². The lowest BCUT2D eigenvalue weighted by Crippen LogP contribution is -2.56. The van der Waals surface area contributed by atoms with Gasteiger partial charge in [0, 0.05) is 38.0 Å². The molecule has 0 bridgehead atoms. The third kappa shape index (κ3) is 4.94. The van der Waals surface area contributed by atoms with Crippen LogP contribution in [-0.4, -0.2) is 57.0 Å². The summed E-state index contributed by atoms with van der Waals surface area (Å²) in [6, 6.07) is 0.445. The van der Waals surface area contributed by atoms with Crippen molar-refractivity contribution in [2.75, 3.05) is 37.7 Å². The van der Waals surface area contributed by atoms with Crippen LogP contribution in [0.25, 0.3) is 0 Å². The second kappa shape index (κ2) is 5.67. The highest BCUT2D eigenvalue weighted by atomic mass is 32.2. The molecule has 1 unspecified atom stereocenters. The van der Waals surface area contributed by atoms with Gasteiger partial charge >= 0.3 is 0 Å². The SMILES string of the molecule is CCS(=O)(=O)CCN1CCNC(C(C)(C)C)C1. The van der Waals surface area contributed by atoms with Crippen LogP contribution in [-0.2, 0) is 9.84 Å². The van der Waals surface area contributed by atoms with Crippen LogP contribution in [0.15, 0.2) is 0 Å². The molecule has 0 aromatic rings. The van der Waals surface area contributed by atoms with Gasteiger partial charge in [-0.2, -0.15) is 0 Å². The van der Waals surface area contributed by atoms with Gasteiger partial charge in [0.15, 0.2) is 9.84 Å². The van der Waals surface area contributed by atoms with Crippen molar-refractivity contribution in [3.8, 4) is 0 Å². The van der Waals surface area contributed by atoms with Crippen molar-refractivity contribution >= 4 is 9.84 Å². The molecule has 0 aromatic carbocycles. The zero-order valence-corrected chi connectivity index (χ0v) is 12.3. The van der Waals surface area contributed by atoms with Crippen molar-refractivity contribution in [3.63, 3.8) is 0 Å². The molecule has 1 rings (SSSR count). The van der Waals surface area contributed by atoms with E-state index < -0.39 is 9.84 Å². The Morgan fingerprint density at radius 2 is 2.00 bits per heavy atom. The molecule has 0 radical (unpaired) electrons. The van der Waals surface area contributed by atoms with Gasteiger partial charge in [-0.3, -0.25) is 4.90 Å². The summed E-state index contributed by atoms with van der Waals surface area (Å²) in [6.45, 7) is 11.9. The van der Waals surface area contributed by atoms with E-state index in [1.165, 1.54) is 0 Å². The molecule has 102 valence electrons. The monoisotopic (exact) mass is 262 g/mol. The van der Waals surface area contributed by atoms with E-state index in [0.717, 1.165) is 19.6 Å². The molecular formula is C12H26N2O2S. The topological polar surface area (TPSA) is 49.4 Å². The Hall–Kier alpha value is -0.130. The molecule has 0 aromatic heterocycles. The summed E-state index contributed by atoms with van der Waals surface area (Å²) in [7, 11) is -2.83. The van der Waals surface area contributed by atoms with Crippen LogP contribution < -0.4 is 5.32 Å².